The first-order valence-electron chi connectivity index (χ1n) is 5.81. The third-order valence-electron chi connectivity index (χ3n) is 2.66. The van der Waals surface area contributed by atoms with Gasteiger partial charge < -0.3 is 4.74 Å². The Morgan fingerprint density at radius 3 is 2.67 bits per heavy atom. The molecule has 1 aromatic carbocycles. The van der Waals surface area contributed by atoms with Gasteiger partial charge in [-0.25, -0.2) is 13.1 Å². The van der Waals surface area contributed by atoms with Gasteiger partial charge in [0.05, 0.1) is 18.2 Å². The van der Waals surface area contributed by atoms with E-state index in [-0.39, 0.29) is 9.92 Å². The van der Waals surface area contributed by atoms with Gasteiger partial charge in [0, 0.05) is 16.0 Å². The van der Waals surface area contributed by atoms with E-state index in [9.17, 15) is 8.42 Å². The molecule has 0 radical (unpaired) electrons. The van der Waals surface area contributed by atoms with E-state index >= 15 is 0 Å². The minimum Gasteiger partial charge on any atom is -0.480 e. The lowest BCUT2D eigenvalue weighted by molar-refractivity contribution is 0.402. The van der Waals surface area contributed by atoms with Crippen molar-refractivity contribution in [3.8, 4) is 5.88 Å². The molecule has 9 heteroatoms. The van der Waals surface area contributed by atoms with Crippen LogP contribution in [0, 0.1) is 0 Å². The highest BCUT2D eigenvalue weighted by molar-refractivity contribution is 7.89. The number of hydrogen-bond donors (Lipinski definition) is 1. The SMILES string of the molecule is COc1cc(C(C)NS(=O)(=O)c2cc(Cl)ccc2Cl)sn1. The summed E-state index contributed by atoms with van der Waals surface area (Å²) in [5.74, 6) is 0.446. The van der Waals surface area contributed by atoms with E-state index in [1.54, 1.807) is 13.0 Å². The molecule has 0 fully saturated rings. The number of sulfonamides is 1. The van der Waals surface area contributed by atoms with Gasteiger partial charge in [0.2, 0.25) is 15.9 Å². The summed E-state index contributed by atoms with van der Waals surface area (Å²) in [6, 6.07) is 5.49. The second-order valence-corrected chi connectivity index (χ2v) is 7.55. The molecule has 0 spiro atoms. The molecule has 5 nitrogen and oxygen atoms in total. The zero-order valence-corrected chi connectivity index (χ0v) is 14.3. The molecule has 114 valence electrons. The molecule has 1 heterocycles. The van der Waals surface area contributed by atoms with Crippen molar-refractivity contribution in [3.63, 3.8) is 0 Å². The number of ether oxygens (including phenoxy) is 1. The maximum absolute atomic E-state index is 12.4. The van der Waals surface area contributed by atoms with Crippen LogP contribution in [0.25, 0.3) is 0 Å². The lowest BCUT2D eigenvalue weighted by atomic mass is 10.3. The van der Waals surface area contributed by atoms with E-state index in [0.717, 1.165) is 16.4 Å². The Hall–Kier alpha value is -0.860. The van der Waals surface area contributed by atoms with Gasteiger partial charge in [-0.2, -0.15) is 4.37 Å². The number of aromatic nitrogens is 1. The summed E-state index contributed by atoms with van der Waals surface area (Å²) in [6.07, 6.45) is 0. The molecule has 1 atom stereocenters. The Labute approximate surface area is 137 Å². The van der Waals surface area contributed by atoms with Gasteiger partial charge in [0.25, 0.3) is 0 Å². The zero-order valence-electron chi connectivity index (χ0n) is 11.1. The van der Waals surface area contributed by atoms with Crippen molar-refractivity contribution in [2.45, 2.75) is 17.9 Å². The van der Waals surface area contributed by atoms with Crippen LogP contribution in [0.3, 0.4) is 0 Å². The van der Waals surface area contributed by atoms with E-state index < -0.39 is 16.1 Å². The van der Waals surface area contributed by atoms with Gasteiger partial charge in [-0.1, -0.05) is 23.2 Å². The molecule has 0 aliphatic heterocycles. The molecule has 0 saturated carbocycles. The fourth-order valence-corrected chi connectivity index (χ4v) is 4.36. The van der Waals surface area contributed by atoms with Crippen molar-refractivity contribution < 1.29 is 13.2 Å². The number of nitrogens with one attached hydrogen (secondary N) is 1. The monoisotopic (exact) mass is 366 g/mol. The highest BCUT2D eigenvalue weighted by Crippen LogP contribution is 2.28. The van der Waals surface area contributed by atoms with Crippen LogP contribution in [-0.2, 0) is 10.0 Å². The maximum atomic E-state index is 12.4. The predicted octanol–water partition coefficient (Wildman–Crippen LogP) is 3.50. The number of nitrogens with zero attached hydrogens (tertiary/aromatic N) is 1. The first-order valence-corrected chi connectivity index (χ1v) is 8.82. The van der Waals surface area contributed by atoms with E-state index in [1.807, 2.05) is 0 Å². The molecule has 0 bridgehead atoms. The summed E-state index contributed by atoms with van der Waals surface area (Å²) < 4.78 is 36.3. The zero-order chi connectivity index (χ0) is 15.6. The van der Waals surface area contributed by atoms with Gasteiger partial charge in [-0.15, -0.1) is 0 Å². The van der Waals surface area contributed by atoms with E-state index in [4.69, 9.17) is 27.9 Å². The van der Waals surface area contributed by atoms with Crippen LogP contribution in [-0.4, -0.2) is 19.9 Å². The molecular formula is C12H12Cl2N2O3S2. The van der Waals surface area contributed by atoms with Gasteiger partial charge in [-0.05, 0) is 36.7 Å². The average Bonchev–Trinajstić information content (AvgIpc) is 2.90. The maximum Gasteiger partial charge on any atom is 0.242 e. The first-order chi connectivity index (χ1) is 9.83. The molecule has 0 aliphatic rings. The summed E-state index contributed by atoms with van der Waals surface area (Å²) in [5, 5.41) is 0.410. The molecule has 2 rings (SSSR count). The molecule has 1 unspecified atom stereocenters. The Morgan fingerprint density at radius 1 is 1.33 bits per heavy atom. The number of halogens is 2. The summed E-state index contributed by atoms with van der Waals surface area (Å²) in [4.78, 5) is 0.675. The number of rotatable bonds is 5. The van der Waals surface area contributed by atoms with Crippen LogP contribution in [0.15, 0.2) is 29.2 Å². The first kappa shape index (κ1) is 16.5. The van der Waals surface area contributed by atoms with Crippen molar-refractivity contribution in [1.82, 2.24) is 9.10 Å². The van der Waals surface area contributed by atoms with E-state index in [0.29, 0.717) is 10.9 Å². The topological polar surface area (TPSA) is 68.3 Å². The Bertz CT molecular complexity index is 747. The van der Waals surface area contributed by atoms with E-state index in [2.05, 4.69) is 9.10 Å². The standard InChI is InChI=1S/C12H12Cl2N2O3S2/c1-7(10-6-12(19-2)15-20-10)16-21(17,18)11-5-8(13)3-4-9(11)14/h3-7,16H,1-2H3. The van der Waals surface area contributed by atoms with Crippen LogP contribution in [0.4, 0.5) is 0 Å². The van der Waals surface area contributed by atoms with Gasteiger partial charge in [0.1, 0.15) is 4.90 Å². The highest BCUT2D eigenvalue weighted by atomic mass is 35.5. The molecule has 1 aromatic heterocycles. The summed E-state index contributed by atoms with van der Waals surface area (Å²) in [5.41, 5.74) is 0. The predicted molar refractivity (Wildman–Crippen MR) is 83.9 cm³/mol. The van der Waals surface area contributed by atoms with Gasteiger partial charge in [0.15, 0.2) is 0 Å². The fraction of sp³-hybridized carbons (Fsp3) is 0.250. The quantitative estimate of drug-likeness (QED) is 0.878. The lowest BCUT2D eigenvalue weighted by Gasteiger charge is -2.13. The molecule has 0 amide bonds. The van der Waals surface area contributed by atoms with Crippen molar-refractivity contribution >= 4 is 44.8 Å². The third kappa shape index (κ3) is 3.87. The summed E-state index contributed by atoms with van der Waals surface area (Å²) in [7, 11) is -2.29. The normalized spacial score (nSPS) is 13.1. The average molecular weight is 367 g/mol. The second-order valence-electron chi connectivity index (χ2n) is 4.19. The largest absolute Gasteiger partial charge is 0.480 e. The summed E-state index contributed by atoms with van der Waals surface area (Å²) >= 11 is 12.9. The fourth-order valence-electron chi connectivity index (χ4n) is 1.61. The lowest BCUT2D eigenvalue weighted by Crippen LogP contribution is -2.26. The molecule has 1 N–H and O–H groups in total. The van der Waals surface area contributed by atoms with Crippen molar-refractivity contribution in [1.29, 1.82) is 0 Å². The second kappa shape index (κ2) is 6.50. The van der Waals surface area contributed by atoms with Gasteiger partial charge in [-0.3, -0.25) is 0 Å². The molecule has 0 aliphatic carbocycles. The van der Waals surface area contributed by atoms with Crippen LogP contribution >= 0.6 is 34.7 Å². The Morgan fingerprint density at radius 2 is 2.05 bits per heavy atom. The van der Waals surface area contributed by atoms with Crippen molar-refractivity contribution in [2.24, 2.45) is 0 Å². The number of hydrogen-bond acceptors (Lipinski definition) is 5. The molecule has 21 heavy (non-hydrogen) atoms. The van der Waals surface area contributed by atoms with Crippen molar-refractivity contribution in [3.05, 3.63) is 39.2 Å². The number of benzene rings is 1. The van der Waals surface area contributed by atoms with Crippen LogP contribution in [0.2, 0.25) is 10.0 Å². The third-order valence-corrected chi connectivity index (χ3v) is 5.87. The minimum absolute atomic E-state index is 0.0556. The molecular weight excluding hydrogens is 355 g/mol. The van der Waals surface area contributed by atoms with E-state index in [1.165, 1.54) is 25.3 Å². The molecule has 0 saturated heterocycles. The van der Waals surface area contributed by atoms with Crippen LogP contribution < -0.4 is 9.46 Å². The highest BCUT2D eigenvalue weighted by Gasteiger charge is 2.22. The smallest absolute Gasteiger partial charge is 0.242 e. The Kier molecular flexibility index (Phi) is 5.11. The molecule has 2 aromatic rings. The van der Waals surface area contributed by atoms with Crippen molar-refractivity contribution in [2.75, 3.05) is 7.11 Å². The Balaban J connectivity index is 2.26. The van der Waals surface area contributed by atoms with Gasteiger partial charge >= 0.3 is 0 Å². The summed E-state index contributed by atoms with van der Waals surface area (Å²) in [6.45, 7) is 1.71. The van der Waals surface area contributed by atoms with Crippen LogP contribution in [0.5, 0.6) is 5.88 Å². The minimum atomic E-state index is -3.79. The number of methoxy groups -OCH3 is 1. The van der Waals surface area contributed by atoms with Crippen LogP contribution in [0.1, 0.15) is 17.8 Å².